The first kappa shape index (κ1) is 12.2. The minimum atomic E-state index is 0.319. The van der Waals surface area contributed by atoms with Gasteiger partial charge in [-0.15, -0.1) is 0 Å². The number of hydrogen-bond acceptors (Lipinski definition) is 4. The summed E-state index contributed by atoms with van der Waals surface area (Å²) in [5, 5.41) is 0. The summed E-state index contributed by atoms with van der Waals surface area (Å²) in [5.41, 5.74) is 6.33. The van der Waals surface area contributed by atoms with Gasteiger partial charge in [-0.3, -0.25) is 0 Å². The molecule has 1 aromatic rings. The van der Waals surface area contributed by atoms with E-state index in [-0.39, 0.29) is 0 Å². The lowest BCUT2D eigenvalue weighted by atomic mass is 9.88. The lowest BCUT2D eigenvalue weighted by molar-refractivity contribution is 0.322. The summed E-state index contributed by atoms with van der Waals surface area (Å²) in [4.78, 5) is 11.2. The van der Waals surface area contributed by atoms with E-state index >= 15 is 0 Å². The van der Waals surface area contributed by atoms with Gasteiger partial charge in [0, 0.05) is 25.5 Å². The van der Waals surface area contributed by atoms with Crippen molar-refractivity contribution in [2.45, 2.75) is 20.3 Å². The molecule has 0 saturated carbocycles. The highest BCUT2D eigenvalue weighted by molar-refractivity contribution is 7.80. The van der Waals surface area contributed by atoms with Crippen molar-refractivity contribution in [2.24, 2.45) is 17.6 Å². The van der Waals surface area contributed by atoms with Gasteiger partial charge < -0.3 is 10.6 Å². The van der Waals surface area contributed by atoms with Gasteiger partial charge in [0.1, 0.15) is 10.7 Å². The summed E-state index contributed by atoms with van der Waals surface area (Å²) in [6.07, 6.45) is 4.50. The third kappa shape index (κ3) is 2.54. The van der Waals surface area contributed by atoms with Crippen molar-refractivity contribution in [3.05, 3.63) is 18.1 Å². The first-order valence-corrected chi connectivity index (χ1v) is 6.36. The Balaban J connectivity index is 2.25. The molecule has 17 heavy (non-hydrogen) atoms. The molecule has 1 aliphatic heterocycles. The van der Waals surface area contributed by atoms with E-state index in [4.69, 9.17) is 18.0 Å². The smallest absolute Gasteiger partial charge is 0.157 e. The Kier molecular flexibility index (Phi) is 3.57. The molecule has 0 spiro atoms. The highest BCUT2D eigenvalue weighted by Crippen LogP contribution is 2.26. The zero-order valence-corrected chi connectivity index (χ0v) is 11.1. The van der Waals surface area contributed by atoms with Crippen molar-refractivity contribution in [2.75, 3.05) is 18.0 Å². The van der Waals surface area contributed by atoms with Crippen LogP contribution in [0.4, 0.5) is 5.82 Å². The van der Waals surface area contributed by atoms with Gasteiger partial charge in [-0.2, -0.15) is 0 Å². The van der Waals surface area contributed by atoms with E-state index in [0.717, 1.165) is 24.8 Å². The van der Waals surface area contributed by atoms with Crippen molar-refractivity contribution >= 4 is 23.0 Å². The fraction of sp³-hybridized carbons (Fsp3) is 0.583. The van der Waals surface area contributed by atoms with Crippen LogP contribution in [0.5, 0.6) is 0 Å². The second-order valence-electron chi connectivity index (χ2n) is 4.78. The van der Waals surface area contributed by atoms with E-state index in [9.17, 15) is 0 Å². The van der Waals surface area contributed by atoms with Gasteiger partial charge in [-0.1, -0.05) is 26.1 Å². The number of nitrogens with zero attached hydrogens (tertiary/aromatic N) is 3. The van der Waals surface area contributed by atoms with Crippen LogP contribution in [0.2, 0.25) is 0 Å². The maximum atomic E-state index is 5.69. The van der Waals surface area contributed by atoms with Gasteiger partial charge in [0.15, 0.2) is 5.82 Å². The van der Waals surface area contributed by atoms with Gasteiger partial charge in [0.05, 0.1) is 0 Å². The number of anilines is 1. The van der Waals surface area contributed by atoms with Crippen LogP contribution in [0.25, 0.3) is 0 Å². The van der Waals surface area contributed by atoms with Crippen LogP contribution >= 0.6 is 12.2 Å². The largest absolute Gasteiger partial charge is 0.388 e. The third-order valence-electron chi connectivity index (χ3n) is 3.55. The average Bonchev–Trinajstić information content (AvgIpc) is 2.32. The molecule has 0 bridgehead atoms. The van der Waals surface area contributed by atoms with Crippen LogP contribution in [0.15, 0.2) is 12.4 Å². The molecule has 0 aromatic carbocycles. The van der Waals surface area contributed by atoms with Crippen molar-refractivity contribution in [1.29, 1.82) is 0 Å². The Hall–Kier alpha value is -1.23. The second-order valence-corrected chi connectivity index (χ2v) is 5.22. The molecular weight excluding hydrogens is 232 g/mol. The summed E-state index contributed by atoms with van der Waals surface area (Å²) in [6, 6.07) is 0. The van der Waals surface area contributed by atoms with Crippen LogP contribution in [-0.2, 0) is 0 Å². The molecule has 4 nitrogen and oxygen atoms in total. The Labute approximate surface area is 107 Å². The summed E-state index contributed by atoms with van der Waals surface area (Å²) >= 11 is 5.02. The first-order chi connectivity index (χ1) is 8.09. The predicted molar refractivity (Wildman–Crippen MR) is 73.1 cm³/mol. The van der Waals surface area contributed by atoms with Crippen LogP contribution in [-0.4, -0.2) is 28.0 Å². The first-order valence-electron chi connectivity index (χ1n) is 5.95. The van der Waals surface area contributed by atoms with E-state index < -0.39 is 0 Å². The highest BCUT2D eigenvalue weighted by Gasteiger charge is 2.25. The Morgan fingerprint density at radius 2 is 2.06 bits per heavy atom. The SMILES string of the molecule is CC1CCN(c2nccnc2C(N)=S)CC1C. The van der Waals surface area contributed by atoms with Crippen LogP contribution in [0.3, 0.4) is 0 Å². The molecule has 2 rings (SSSR count). The van der Waals surface area contributed by atoms with E-state index in [0.29, 0.717) is 16.6 Å². The van der Waals surface area contributed by atoms with Crippen molar-refractivity contribution in [3.8, 4) is 0 Å². The number of nitrogens with two attached hydrogens (primary N) is 1. The molecule has 2 atom stereocenters. The fourth-order valence-corrected chi connectivity index (χ4v) is 2.34. The van der Waals surface area contributed by atoms with E-state index in [1.165, 1.54) is 6.42 Å². The molecule has 2 heterocycles. The average molecular weight is 250 g/mol. The van der Waals surface area contributed by atoms with Gasteiger partial charge in [-0.25, -0.2) is 9.97 Å². The lowest BCUT2D eigenvalue weighted by Crippen LogP contribution is -2.40. The van der Waals surface area contributed by atoms with Crippen molar-refractivity contribution in [1.82, 2.24) is 9.97 Å². The molecule has 5 heteroatoms. The normalized spacial score (nSPS) is 24.7. The number of hydrogen-bond donors (Lipinski definition) is 1. The minimum absolute atomic E-state index is 0.319. The maximum Gasteiger partial charge on any atom is 0.157 e. The topological polar surface area (TPSA) is 55.0 Å². The number of aromatic nitrogens is 2. The summed E-state index contributed by atoms with van der Waals surface area (Å²) in [7, 11) is 0. The van der Waals surface area contributed by atoms with Crippen molar-refractivity contribution < 1.29 is 0 Å². The standard InChI is InChI=1S/C12H18N4S/c1-8-3-6-16(7-9(8)2)12-10(11(13)17)14-4-5-15-12/h4-5,8-9H,3,6-7H2,1-2H3,(H2,13,17). The summed E-state index contributed by atoms with van der Waals surface area (Å²) in [6.45, 7) is 6.57. The summed E-state index contributed by atoms with van der Waals surface area (Å²) in [5.74, 6) is 2.25. The molecule has 1 aliphatic rings. The molecule has 1 saturated heterocycles. The molecule has 0 radical (unpaired) electrons. The second kappa shape index (κ2) is 4.96. The minimum Gasteiger partial charge on any atom is -0.388 e. The van der Waals surface area contributed by atoms with Gasteiger partial charge in [0.2, 0.25) is 0 Å². The fourth-order valence-electron chi connectivity index (χ4n) is 2.19. The number of thiocarbonyl (C=S) groups is 1. The van der Waals surface area contributed by atoms with Gasteiger partial charge >= 0.3 is 0 Å². The molecular formula is C12H18N4S. The van der Waals surface area contributed by atoms with Gasteiger partial charge in [-0.05, 0) is 18.3 Å². The Bertz CT molecular complexity index is 421. The Morgan fingerprint density at radius 1 is 1.35 bits per heavy atom. The Morgan fingerprint density at radius 3 is 2.71 bits per heavy atom. The molecule has 0 aliphatic carbocycles. The van der Waals surface area contributed by atoms with Gasteiger partial charge in [0.25, 0.3) is 0 Å². The molecule has 92 valence electrons. The predicted octanol–water partition coefficient (Wildman–Crippen LogP) is 1.59. The van der Waals surface area contributed by atoms with E-state index in [2.05, 4.69) is 28.7 Å². The van der Waals surface area contributed by atoms with E-state index in [1.807, 2.05) is 0 Å². The molecule has 1 fully saturated rings. The number of piperidine rings is 1. The molecule has 1 aromatic heterocycles. The molecule has 2 N–H and O–H groups in total. The number of rotatable bonds is 2. The van der Waals surface area contributed by atoms with Crippen LogP contribution < -0.4 is 10.6 Å². The monoisotopic (exact) mass is 250 g/mol. The molecule has 0 amide bonds. The highest BCUT2D eigenvalue weighted by atomic mass is 32.1. The molecule has 2 unspecified atom stereocenters. The lowest BCUT2D eigenvalue weighted by Gasteiger charge is -2.36. The quantitative estimate of drug-likeness (QED) is 0.808. The summed E-state index contributed by atoms with van der Waals surface area (Å²) < 4.78 is 0. The zero-order valence-electron chi connectivity index (χ0n) is 10.3. The zero-order chi connectivity index (χ0) is 12.4. The van der Waals surface area contributed by atoms with E-state index in [1.54, 1.807) is 12.4 Å². The third-order valence-corrected chi connectivity index (χ3v) is 3.74. The van der Waals surface area contributed by atoms with Crippen LogP contribution in [0, 0.1) is 11.8 Å². The van der Waals surface area contributed by atoms with Crippen molar-refractivity contribution in [3.63, 3.8) is 0 Å². The van der Waals surface area contributed by atoms with Crippen LogP contribution in [0.1, 0.15) is 26.0 Å². The maximum absolute atomic E-state index is 5.69.